The summed E-state index contributed by atoms with van der Waals surface area (Å²) in [5.41, 5.74) is 0. The molecule has 0 heterocycles. The molecule has 0 aromatic rings. The maximum Gasteiger partial charge on any atom is 0.335 e. The first-order valence-electron chi connectivity index (χ1n) is 2.04. The van der Waals surface area contributed by atoms with Crippen LogP contribution in [0.2, 0.25) is 0 Å². The van der Waals surface area contributed by atoms with Gasteiger partial charge < -0.3 is 14.7 Å². The summed E-state index contributed by atoms with van der Waals surface area (Å²) in [4.78, 5) is 24.7. The summed E-state index contributed by atoms with van der Waals surface area (Å²) in [7, 11) is -7.85. The standard InChI is InChI=1S/C2H8O5P2/c1-8(3,4)2-9(5,6)7/h2H2,1H3,(H,3,4)(H2,5,6,7). The van der Waals surface area contributed by atoms with Gasteiger partial charge in [0.05, 0.1) is 0 Å². The molecule has 0 aliphatic carbocycles. The molecular weight excluding hydrogens is 166 g/mol. The molecule has 0 bridgehead atoms. The molecule has 0 saturated heterocycles. The Morgan fingerprint density at radius 1 is 1.22 bits per heavy atom. The van der Waals surface area contributed by atoms with E-state index in [1.54, 1.807) is 0 Å². The molecule has 1 unspecified atom stereocenters. The van der Waals surface area contributed by atoms with Gasteiger partial charge in [0, 0.05) is 6.66 Å². The van der Waals surface area contributed by atoms with Crippen molar-refractivity contribution in [1.82, 2.24) is 0 Å². The molecular formula is C2H8O5P2. The Bertz CT molecular complexity index is 153. The zero-order chi connectivity index (χ0) is 7.71. The Labute approximate surface area is 52.3 Å². The van der Waals surface area contributed by atoms with Crippen molar-refractivity contribution in [2.45, 2.75) is 0 Å². The molecule has 0 aromatic carbocycles. The largest absolute Gasteiger partial charge is 0.344 e. The van der Waals surface area contributed by atoms with Gasteiger partial charge in [-0.25, -0.2) is 0 Å². The molecule has 1 atom stereocenters. The lowest BCUT2D eigenvalue weighted by Gasteiger charge is -2.05. The van der Waals surface area contributed by atoms with Gasteiger partial charge in [0.25, 0.3) is 0 Å². The summed E-state index contributed by atoms with van der Waals surface area (Å²) in [5, 5.41) is 0. The predicted molar refractivity (Wildman–Crippen MR) is 32.7 cm³/mol. The van der Waals surface area contributed by atoms with Gasteiger partial charge in [-0.1, -0.05) is 0 Å². The van der Waals surface area contributed by atoms with Gasteiger partial charge in [0.15, 0.2) is 0 Å². The summed E-state index contributed by atoms with van der Waals surface area (Å²) in [6, 6.07) is 0. The van der Waals surface area contributed by atoms with Gasteiger partial charge in [0.2, 0.25) is 7.37 Å². The summed E-state index contributed by atoms with van der Waals surface area (Å²) in [6.45, 7) is 0.909. The van der Waals surface area contributed by atoms with Crippen molar-refractivity contribution < 1.29 is 23.8 Å². The molecule has 0 aliphatic rings. The Hall–Kier alpha value is 0.340. The average Bonchev–Trinajstić information content (AvgIpc) is 1.14. The second kappa shape index (κ2) is 2.52. The highest BCUT2D eigenvalue weighted by Gasteiger charge is 2.24. The van der Waals surface area contributed by atoms with Crippen LogP contribution in [-0.4, -0.2) is 27.2 Å². The summed E-state index contributed by atoms with van der Waals surface area (Å²) < 4.78 is 20.3. The van der Waals surface area contributed by atoms with Gasteiger partial charge in [-0.05, 0) is 0 Å². The third kappa shape index (κ3) is 8.34. The highest BCUT2D eigenvalue weighted by atomic mass is 31.2. The average molecular weight is 174 g/mol. The van der Waals surface area contributed by atoms with Crippen LogP contribution >= 0.6 is 15.0 Å². The normalized spacial score (nSPS) is 19.1. The summed E-state index contributed by atoms with van der Waals surface area (Å²) >= 11 is 0. The fourth-order valence-corrected chi connectivity index (χ4v) is 3.08. The van der Waals surface area contributed by atoms with E-state index in [2.05, 4.69) is 0 Å². The molecule has 0 fully saturated rings. The van der Waals surface area contributed by atoms with E-state index in [-0.39, 0.29) is 0 Å². The highest BCUT2D eigenvalue weighted by molar-refractivity contribution is 7.72. The van der Waals surface area contributed by atoms with Crippen molar-refractivity contribution in [2.24, 2.45) is 0 Å². The van der Waals surface area contributed by atoms with E-state index in [1.807, 2.05) is 0 Å². The zero-order valence-electron chi connectivity index (χ0n) is 4.76. The molecule has 0 rings (SSSR count). The minimum absolute atomic E-state index is 0.909. The Morgan fingerprint density at radius 2 is 1.56 bits per heavy atom. The van der Waals surface area contributed by atoms with E-state index in [0.29, 0.717) is 0 Å². The van der Waals surface area contributed by atoms with Crippen molar-refractivity contribution in [2.75, 3.05) is 12.6 Å². The first kappa shape index (κ1) is 9.34. The Balaban J connectivity index is 4.07. The molecule has 0 radical (unpaired) electrons. The van der Waals surface area contributed by atoms with E-state index in [4.69, 9.17) is 14.7 Å². The Kier molecular flexibility index (Phi) is 2.62. The van der Waals surface area contributed by atoms with Crippen LogP contribution < -0.4 is 0 Å². The highest BCUT2D eigenvalue weighted by Crippen LogP contribution is 2.51. The van der Waals surface area contributed by atoms with E-state index < -0.39 is 20.9 Å². The fourth-order valence-electron chi connectivity index (χ4n) is 0.342. The van der Waals surface area contributed by atoms with Gasteiger partial charge in [0.1, 0.15) is 5.90 Å². The monoisotopic (exact) mass is 174 g/mol. The smallest absolute Gasteiger partial charge is 0.335 e. The van der Waals surface area contributed by atoms with Crippen molar-refractivity contribution in [3.8, 4) is 0 Å². The number of rotatable bonds is 2. The SMILES string of the molecule is CP(=O)(O)CP(=O)(O)O. The van der Waals surface area contributed by atoms with Crippen LogP contribution in [0.1, 0.15) is 0 Å². The van der Waals surface area contributed by atoms with Crippen molar-refractivity contribution in [3.63, 3.8) is 0 Å². The fraction of sp³-hybridized carbons (Fsp3) is 1.00. The molecule has 7 heteroatoms. The molecule has 0 aromatic heterocycles. The topological polar surface area (TPSA) is 94.8 Å². The molecule has 56 valence electrons. The number of hydrogen-bond acceptors (Lipinski definition) is 2. The quantitative estimate of drug-likeness (QED) is 0.513. The first-order valence-corrected chi connectivity index (χ1v) is 6.13. The van der Waals surface area contributed by atoms with Crippen LogP contribution in [-0.2, 0) is 9.13 Å². The van der Waals surface area contributed by atoms with Crippen LogP contribution in [0.15, 0.2) is 0 Å². The minimum Gasteiger partial charge on any atom is -0.344 e. The lowest BCUT2D eigenvalue weighted by Crippen LogP contribution is -1.87. The lowest BCUT2D eigenvalue weighted by atomic mass is 11.9. The van der Waals surface area contributed by atoms with Crippen LogP contribution in [0.3, 0.4) is 0 Å². The van der Waals surface area contributed by atoms with E-state index in [9.17, 15) is 9.13 Å². The minimum atomic E-state index is -4.30. The third-order valence-corrected chi connectivity index (χ3v) is 4.02. The molecule has 0 spiro atoms. The predicted octanol–water partition coefficient (Wildman–Crippen LogP) is 0.0218. The van der Waals surface area contributed by atoms with Crippen LogP contribution in [0.4, 0.5) is 0 Å². The van der Waals surface area contributed by atoms with Crippen molar-refractivity contribution in [1.29, 1.82) is 0 Å². The Morgan fingerprint density at radius 3 is 1.56 bits per heavy atom. The third-order valence-electron chi connectivity index (χ3n) is 0.447. The van der Waals surface area contributed by atoms with Crippen molar-refractivity contribution in [3.05, 3.63) is 0 Å². The van der Waals surface area contributed by atoms with Crippen LogP contribution in [0, 0.1) is 0 Å². The van der Waals surface area contributed by atoms with E-state index in [1.165, 1.54) is 0 Å². The summed E-state index contributed by atoms with van der Waals surface area (Å²) in [6.07, 6.45) is 0. The second-order valence-electron chi connectivity index (χ2n) is 1.86. The molecule has 3 N–H and O–H groups in total. The molecule has 0 saturated carbocycles. The van der Waals surface area contributed by atoms with Gasteiger partial charge in [-0.15, -0.1) is 0 Å². The molecule has 5 nitrogen and oxygen atoms in total. The summed E-state index contributed by atoms with van der Waals surface area (Å²) in [5.74, 6) is -0.931. The van der Waals surface area contributed by atoms with E-state index >= 15 is 0 Å². The van der Waals surface area contributed by atoms with Gasteiger partial charge in [-0.3, -0.25) is 9.13 Å². The molecule has 0 aliphatic heterocycles. The maximum atomic E-state index is 10.3. The molecule has 9 heavy (non-hydrogen) atoms. The first-order chi connectivity index (χ1) is 3.71. The van der Waals surface area contributed by atoms with Gasteiger partial charge >= 0.3 is 7.60 Å². The second-order valence-corrected chi connectivity index (χ2v) is 6.42. The van der Waals surface area contributed by atoms with Crippen LogP contribution in [0.5, 0.6) is 0 Å². The lowest BCUT2D eigenvalue weighted by molar-refractivity contribution is 0.376. The van der Waals surface area contributed by atoms with E-state index in [0.717, 1.165) is 6.66 Å². The van der Waals surface area contributed by atoms with Crippen molar-refractivity contribution >= 4 is 15.0 Å². The maximum absolute atomic E-state index is 10.3. The van der Waals surface area contributed by atoms with Gasteiger partial charge in [-0.2, -0.15) is 0 Å². The van der Waals surface area contributed by atoms with Crippen LogP contribution in [0.25, 0.3) is 0 Å². The number of hydrogen-bond donors (Lipinski definition) is 3. The zero-order valence-corrected chi connectivity index (χ0v) is 6.55. The molecule has 0 amide bonds.